The highest BCUT2D eigenvalue weighted by Crippen LogP contribution is 2.33. The molecule has 1 aliphatic heterocycles. The minimum atomic E-state index is -3.80. The molecular formula is C26H26N2O7S. The fraction of sp³-hybridized carbons (Fsp3) is 0.231. The average Bonchev–Trinajstić information content (AvgIpc) is 2.88. The molecule has 1 amide bonds. The third-order valence-corrected chi connectivity index (χ3v) is 7.19. The van der Waals surface area contributed by atoms with Gasteiger partial charge in [-0.1, -0.05) is 18.2 Å². The molecule has 1 N–H and O–H groups in total. The number of hydrogen-bond acceptors (Lipinski definition) is 7. The van der Waals surface area contributed by atoms with Crippen molar-refractivity contribution in [2.24, 2.45) is 0 Å². The number of esters is 1. The molecular weight excluding hydrogens is 484 g/mol. The van der Waals surface area contributed by atoms with Gasteiger partial charge in [-0.25, -0.2) is 13.2 Å². The molecule has 1 aliphatic rings. The summed E-state index contributed by atoms with van der Waals surface area (Å²) >= 11 is 0. The highest BCUT2D eigenvalue weighted by atomic mass is 32.2. The number of fused-ring (bicyclic) bond motifs is 1. The molecule has 3 aromatic carbocycles. The molecule has 0 saturated heterocycles. The van der Waals surface area contributed by atoms with Crippen LogP contribution < -0.4 is 19.1 Å². The quantitative estimate of drug-likeness (QED) is 0.485. The molecule has 1 atom stereocenters. The molecule has 0 aromatic heterocycles. The van der Waals surface area contributed by atoms with E-state index in [1.165, 1.54) is 36.3 Å². The van der Waals surface area contributed by atoms with E-state index in [9.17, 15) is 18.0 Å². The Kier molecular flexibility index (Phi) is 7.16. The van der Waals surface area contributed by atoms with Crippen molar-refractivity contribution in [3.63, 3.8) is 0 Å². The van der Waals surface area contributed by atoms with Gasteiger partial charge < -0.3 is 19.1 Å². The summed E-state index contributed by atoms with van der Waals surface area (Å²) in [6, 6.07) is 18.0. The van der Waals surface area contributed by atoms with Gasteiger partial charge in [0.15, 0.2) is 6.61 Å². The second-order valence-electron chi connectivity index (χ2n) is 8.27. The molecule has 0 spiro atoms. The summed E-state index contributed by atoms with van der Waals surface area (Å²) in [5.41, 5.74) is 3.03. The number of benzene rings is 3. The Morgan fingerprint density at radius 3 is 2.44 bits per heavy atom. The zero-order chi connectivity index (χ0) is 25.9. The van der Waals surface area contributed by atoms with Crippen molar-refractivity contribution in [3.05, 3.63) is 77.9 Å². The number of methoxy groups -OCH3 is 1. The van der Waals surface area contributed by atoms with Gasteiger partial charge in [-0.05, 0) is 73.5 Å². The zero-order valence-electron chi connectivity index (χ0n) is 20.1. The first kappa shape index (κ1) is 25.1. The van der Waals surface area contributed by atoms with Crippen LogP contribution in [0.5, 0.6) is 11.5 Å². The normalized spacial score (nSPS) is 14.9. The lowest BCUT2D eigenvalue weighted by molar-refractivity contribution is -0.148. The van der Waals surface area contributed by atoms with Crippen molar-refractivity contribution in [3.8, 4) is 11.5 Å². The number of hydrogen-bond donors (Lipinski definition) is 1. The number of rotatable bonds is 7. The van der Waals surface area contributed by atoms with E-state index < -0.39 is 28.0 Å². The van der Waals surface area contributed by atoms with E-state index in [2.05, 4.69) is 4.72 Å². The van der Waals surface area contributed by atoms with E-state index in [0.717, 1.165) is 11.1 Å². The summed E-state index contributed by atoms with van der Waals surface area (Å²) in [5, 5.41) is 0. The Bertz CT molecular complexity index is 1390. The highest BCUT2D eigenvalue weighted by Gasteiger charge is 2.34. The summed E-state index contributed by atoms with van der Waals surface area (Å²) in [6.07, 6.45) is -0.955. The maximum atomic E-state index is 13.0. The molecule has 0 saturated carbocycles. The van der Waals surface area contributed by atoms with Gasteiger partial charge in [0.1, 0.15) is 11.5 Å². The van der Waals surface area contributed by atoms with Gasteiger partial charge >= 0.3 is 5.97 Å². The van der Waals surface area contributed by atoms with E-state index in [1.54, 1.807) is 36.4 Å². The molecule has 0 radical (unpaired) electrons. The third kappa shape index (κ3) is 5.44. The van der Waals surface area contributed by atoms with E-state index in [1.807, 2.05) is 19.9 Å². The van der Waals surface area contributed by atoms with Crippen LogP contribution in [0.25, 0.3) is 0 Å². The Hall–Kier alpha value is -4.05. The van der Waals surface area contributed by atoms with Crippen LogP contribution in [0.1, 0.15) is 11.1 Å². The molecule has 0 bridgehead atoms. The summed E-state index contributed by atoms with van der Waals surface area (Å²) in [4.78, 5) is 26.4. The monoisotopic (exact) mass is 510 g/mol. The second-order valence-corrected chi connectivity index (χ2v) is 9.95. The number of carbonyl (C=O) groups is 2. The minimum absolute atomic E-state index is 0.0206. The van der Waals surface area contributed by atoms with E-state index in [-0.39, 0.29) is 18.0 Å². The van der Waals surface area contributed by atoms with Gasteiger partial charge in [-0.15, -0.1) is 0 Å². The molecule has 10 heteroatoms. The summed E-state index contributed by atoms with van der Waals surface area (Å²) in [6.45, 7) is 3.51. The number of sulfonamides is 1. The highest BCUT2D eigenvalue weighted by molar-refractivity contribution is 7.92. The van der Waals surface area contributed by atoms with Crippen LogP contribution >= 0.6 is 0 Å². The van der Waals surface area contributed by atoms with Crippen LogP contribution in [0.15, 0.2) is 71.6 Å². The standard InChI is InChI=1S/C26H26N2O7S/c1-17-8-9-19(14-18(17)2)27-36(31,32)21-12-10-20(11-13-21)34-16-25(29)28-15-24(26(30)33-3)35-23-7-5-4-6-22(23)28/h4-14,24,27H,15-16H2,1-3H3/t24-/m1/s1. The largest absolute Gasteiger partial charge is 0.484 e. The number of nitrogens with one attached hydrogen (secondary N) is 1. The molecule has 0 aliphatic carbocycles. The molecule has 3 aromatic rings. The first-order chi connectivity index (χ1) is 17.2. The Labute approximate surface area is 209 Å². The molecule has 9 nitrogen and oxygen atoms in total. The summed E-state index contributed by atoms with van der Waals surface area (Å²) in [5.74, 6) is -0.278. The number of para-hydroxylation sites is 2. The van der Waals surface area contributed by atoms with Gasteiger partial charge in [0.2, 0.25) is 6.10 Å². The van der Waals surface area contributed by atoms with Crippen molar-refractivity contribution in [1.82, 2.24) is 0 Å². The van der Waals surface area contributed by atoms with E-state index >= 15 is 0 Å². The molecule has 0 fully saturated rings. The topological polar surface area (TPSA) is 111 Å². The molecule has 0 unspecified atom stereocenters. The van der Waals surface area contributed by atoms with E-state index in [4.69, 9.17) is 14.2 Å². The maximum Gasteiger partial charge on any atom is 0.348 e. The second kappa shape index (κ2) is 10.3. The van der Waals surface area contributed by atoms with Crippen molar-refractivity contribution in [1.29, 1.82) is 0 Å². The van der Waals surface area contributed by atoms with Gasteiger partial charge in [0.25, 0.3) is 15.9 Å². The lowest BCUT2D eigenvalue weighted by Gasteiger charge is -2.33. The van der Waals surface area contributed by atoms with Crippen LogP contribution in [-0.2, 0) is 24.3 Å². The maximum absolute atomic E-state index is 13.0. The van der Waals surface area contributed by atoms with Gasteiger partial charge in [0.05, 0.1) is 24.2 Å². The first-order valence-electron chi connectivity index (χ1n) is 11.1. The Morgan fingerprint density at radius 1 is 1.03 bits per heavy atom. The Balaban J connectivity index is 1.42. The molecule has 4 rings (SSSR count). The third-order valence-electron chi connectivity index (χ3n) is 5.79. The molecule has 188 valence electrons. The minimum Gasteiger partial charge on any atom is -0.484 e. The van der Waals surface area contributed by atoms with Crippen LogP contribution in [-0.4, -0.2) is 46.7 Å². The number of aryl methyl sites for hydroxylation is 2. The number of nitrogens with zero attached hydrogens (tertiary/aromatic N) is 1. The predicted octanol–water partition coefficient (Wildman–Crippen LogP) is 3.45. The Morgan fingerprint density at radius 2 is 1.75 bits per heavy atom. The molecule has 1 heterocycles. The summed E-state index contributed by atoms with van der Waals surface area (Å²) < 4.78 is 44.1. The smallest absolute Gasteiger partial charge is 0.348 e. The van der Waals surface area contributed by atoms with Crippen LogP contribution in [0.3, 0.4) is 0 Å². The van der Waals surface area contributed by atoms with Gasteiger partial charge in [-0.2, -0.15) is 0 Å². The lowest BCUT2D eigenvalue weighted by atomic mass is 10.1. The van der Waals surface area contributed by atoms with Crippen molar-refractivity contribution in [2.45, 2.75) is 24.8 Å². The number of anilines is 2. The van der Waals surface area contributed by atoms with Crippen LogP contribution in [0, 0.1) is 13.8 Å². The zero-order valence-corrected chi connectivity index (χ0v) is 20.9. The molecule has 36 heavy (non-hydrogen) atoms. The van der Waals surface area contributed by atoms with Crippen LogP contribution in [0.4, 0.5) is 11.4 Å². The van der Waals surface area contributed by atoms with E-state index in [0.29, 0.717) is 22.9 Å². The SMILES string of the molecule is COC(=O)[C@H]1CN(C(=O)COc2ccc(S(=O)(=O)Nc3ccc(C)c(C)c3)cc2)c2ccccc2O1. The number of amides is 1. The summed E-state index contributed by atoms with van der Waals surface area (Å²) in [7, 11) is -2.54. The number of carbonyl (C=O) groups excluding carboxylic acids is 2. The van der Waals surface area contributed by atoms with Crippen LogP contribution in [0.2, 0.25) is 0 Å². The lowest BCUT2D eigenvalue weighted by Crippen LogP contribution is -2.48. The predicted molar refractivity (Wildman–Crippen MR) is 134 cm³/mol. The van der Waals surface area contributed by atoms with Gasteiger partial charge in [-0.3, -0.25) is 9.52 Å². The average molecular weight is 511 g/mol. The van der Waals surface area contributed by atoms with Crippen molar-refractivity contribution >= 4 is 33.3 Å². The van der Waals surface area contributed by atoms with Crippen molar-refractivity contribution in [2.75, 3.05) is 29.9 Å². The van der Waals surface area contributed by atoms with Crippen molar-refractivity contribution < 1.29 is 32.2 Å². The van der Waals surface area contributed by atoms with Gasteiger partial charge in [0, 0.05) is 5.69 Å². The number of ether oxygens (including phenoxy) is 3. The fourth-order valence-corrected chi connectivity index (χ4v) is 4.73. The first-order valence-corrected chi connectivity index (χ1v) is 12.6. The fourth-order valence-electron chi connectivity index (χ4n) is 3.68.